The van der Waals surface area contributed by atoms with Crippen LogP contribution in [-0.2, 0) is 0 Å². The van der Waals surface area contributed by atoms with E-state index in [4.69, 9.17) is 0 Å². The predicted molar refractivity (Wildman–Crippen MR) is 154 cm³/mol. The molecule has 0 saturated carbocycles. The molecule has 0 atom stereocenters. The molecular weight excluding hydrogens is 768 g/mol. The van der Waals surface area contributed by atoms with Gasteiger partial charge in [0.25, 0.3) is 0 Å². The Morgan fingerprint density at radius 3 is 0.852 bits per heavy atom. The van der Waals surface area contributed by atoms with Crippen molar-refractivity contribution in [3.05, 3.63) is 162 Å². The van der Waals surface area contributed by atoms with Gasteiger partial charge in [-0.25, -0.2) is 43.9 Å². The molecule has 6 aromatic rings. The van der Waals surface area contributed by atoms with Crippen molar-refractivity contribution in [2.45, 2.75) is 12.4 Å². The van der Waals surface area contributed by atoms with Crippen LogP contribution in [0.3, 0.4) is 0 Å². The van der Waals surface area contributed by atoms with Crippen LogP contribution in [0.1, 0.15) is 33.9 Å². The van der Waals surface area contributed by atoms with E-state index in [0.717, 1.165) is 0 Å². The number of hydrogen-bond donors (Lipinski definition) is 4. The van der Waals surface area contributed by atoms with Gasteiger partial charge in [-0.1, -0.05) is 0 Å². The number of fused-ring (bicyclic) bond motifs is 8. The SMILES string of the molecule is Fc1c(F)c(F)c(C2=c3ccc([nH]3)=C(C(F)(F)F)c3ccc([nH]3)C(c3c(F)c(F)c(F)c(F)c3F)=c3ccc([nH]3)=C(C(F)(F)F)c3ccc2[nH]3)c(F)c1F. The van der Waals surface area contributed by atoms with Crippen molar-refractivity contribution in [3.8, 4) is 0 Å². The summed E-state index contributed by atoms with van der Waals surface area (Å²) in [7, 11) is 0. The Morgan fingerprint density at radius 2 is 0.556 bits per heavy atom. The third-order valence-corrected chi connectivity index (χ3v) is 8.39. The van der Waals surface area contributed by atoms with Crippen LogP contribution in [0, 0.1) is 58.2 Å². The first kappa shape index (κ1) is 36.3. The minimum Gasteiger partial charge on any atom is -0.354 e. The molecule has 4 nitrogen and oxygen atoms in total. The summed E-state index contributed by atoms with van der Waals surface area (Å²) >= 11 is 0. The molecule has 5 heterocycles. The van der Waals surface area contributed by atoms with Gasteiger partial charge in [-0.15, -0.1) is 0 Å². The summed E-state index contributed by atoms with van der Waals surface area (Å²) < 4.78 is 235. The largest absolute Gasteiger partial charge is 0.420 e. The highest BCUT2D eigenvalue weighted by molar-refractivity contribution is 5.82. The highest BCUT2D eigenvalue weighted by Gasteiger charge is 2.40. The number of alkyl halides is 6. The summed E-state index contributed by atoms with van der Waals surface area (Å²) in [5.41, 5.74) is -12.8. The van der Waals surface area contributed by atoms with Gasteiger partial charge in [0, 0.05) is 33.2 Å². The summed E-state index contributed by atoms with van der Waals surface area (Å²) in [5.74, 6) is -25.2. The van der Waals surface area contributed by atoms with Gasteiger partial charge < -0.3 is 19.9 Å². The minimum atomic E-state index is -5.42. The Labute approximate surface area is 287 Å². The molecular formula is C34H12F16N4. The molecule has 0 unspecified atom stereocenters. The van der Waals surface area contributed by atoms with Crippen molar-refractivity contribution >= 4 is 22.3 Å². The minimum absolute atomic E-state index is 0.617. The first-order valence-corrected chi connectivity index (χ1v) is 14.7. The Hall–Kier alpha value is -6.08. The molecule has 54 heavy (non-hydrogen) atoms. The van der Waals surface area contributed by atoms with Gasteiger partial charge in [0.2, 0.25) is 11.6 Å². The normalized spacial score (nSPS) is 13.8. The third kappa shape index (κ3) is 5.49. The lowest BCUT2D eigenvalue weighted by molar-refractivity contribution is -0.0707. The van der Waals surface area contributed by atoms with E-state index in [9.17, 15) is 52.7 Å². The van der Waals surface area contributed by atoms with E-state index in [1.54, 1.807) is 0 Å². The molecule has 0 saturated heterocycles. The molecule has 0 fully saturated rings. The molecule has 7 rings (SSSR count). The quantitative estimate of drug-likeness (QED) is 0.0858. The fraction of sp³-hybridized carbons (Fsp3) is 0.0588. The second-order valence-corrected chi connectivity index (χ2v) is 11.5. The summed E-state index contributed by atoms with van der Waals surface area (Å²) in [6.45, 7) is 0. The maximum atomic E-state index is 15.3. The lowest BCUT2D eigenvalue weighted by atomic mass is 10.00. The smallest absolute Gasteiger partial charge is 0.354 e. The van der Waals surface area contributed by atoms with Gasteiger partial charge >= 0.3 is 12.4 Å². The number of benzene rings is 2. The van der Waals surface area contributed by atoms with E-state index >= 15 is 17.6 Å². The summed E-state index contributed by atoms with van der Waals surface area (Å²) in [6, 6.07) is 5.17. The number of H-pyrrole nitrogens is 4. The molecule has 280 valence electrons. The highest BCUT2D eigenvalue weighted by atomic mass is 19.4. The molecule has 20 heteroatoms. The number of rotatable bonds is 2. The number of halogens is 16. The standard InChI is InChI=1S/C34H12F16N4/c35-23-19(24(36)28(40)31(43)27(23)39)17-9-1-5-13(51-9)21(33(45,46)47)14-7-3-11(53-14)18(20-25(37)29(41)32(44)30(42)26(20)38)12-4-8-16(54-12)22(34(48,49)50)15-6-2-10(17)52-15/h1-8,51-54H. The van der Waals surface area contributed by atoms with Crippen LogP contribution in [0.15, 0.2) is 48.5 Å². The van der Waals surface area contributed by atoms with E-state index < -0.39 is 148 Å². The second-order valence-electron chi connectivity index (χ2n) is 11.5. The van der Waals surface area contributed by atoms with Gasteiger partial charge in [0.05, 0.1) is 33.2 Å². The molecule has 4 N–H and O–H groups in total. The van der Waals surface area contributed by atoms with Crippen molar-refractivity contribution in [2.75, 3.05) is 0 Å². The van der Waals surface area contributed by atoms with Crippen LogP contribution in [0.4, 0.5) is 70.2 Å². The van der Waals surface area contributed by atoms with Gasteiger partial charge in [0.1, 0.15) is 11.1 Å². The Balaban J connectivity index is 1.71. The maximum absolute atomic E-state index is 15.3. The van der Waals surface area contributed by atoms with E-state index in [0.29, 0.717) is 48.5 Å². The maximum Gasteiger partial charge on any atom is 0.420 e. The first-order chi connectivity index (χ1) is 25.2. The number of aromatic nitrogens is 4. The van der Waals surface area contributed by atoms with Gasteiger partial charge in [-0.3, -0.25) is 0 Å². The molecule has 1 aliphatic rings. The lowest BCUT2D eigenvalue weighted by Crippen LogP contribution is -2.26. The van der Waals surface area contributed by atoms with Gasteiger partial charge in [-0.05, 0) is 48.5 Å². The van der Waals surface area contributed by atoms with Crippen LogP contribution in [0.5, 0.6) is 0 Å². The number of nitrogens with one attached hydrogen (secondary N) is 4. The lowest BCUT2D eigenvalue weighted by Gasteiger charge is -2.13. The second kappa shape index (κ2) is 12.2. The number of aromatic amines is 4. The molecule has 1 aliphatic heterocycles. The van der Waals surface area contributed by atoms with Crippen LogP contribution in [0.25, 0.3) is 22.3 Å². The van der Waals surface area contributed by atoms with Crippen LogP contribution in [-0.4, -0.2) is 32.3 Å². The zero-order valence-corrected chi connectivity index (χ0v) is 25.7. The zero-order chi connectivity index (χ0) is 39.3. The summed E-state index contributed by atoms with van der Waals surface area (Å²) in [4.78, 5) is 8.49. The van der Waals surface area contributed by atoms with Crippen molar-refractivity contribution in [1.29, 1.82) is 0 Å². The van der Waals surface area contributed by atoms with E-state index in [1.165, 1.54) is 0 Å². The molecule has 0 radical (unpaired) electrons. The molecule has 0 aliphatic carbocycles. The average molecular weight is 780 g/mol. The van der Waals surface area contributed by atoms with Crippen molar-refractivity contribution < 1.29 is 70.2 Å². The van der Waals surface area contributed by atoms with Crippen LogP contribution in [0.2, 0.25) is 0 Å². The molecule has 0 amide bonds. The monoisotopic (exact) mass is 780 g/mol. The Kier molecular flexibility index (Phi) is 8.22. The molecule has 0 spiro atoms. The van der Waals surface area contributed by atoms with Crippen LogP contribution < -0.4 is 21.4 Å². The highest BCUT2D eigenvalue weighted by Crippen LogP contribution is 2.37. The van der Waals surface area contributed by atoms with Gasteiger partial charge in [-0.2, -0.15) is 26.3 Å². The van der Waals surface area contributed by atoms with Crippen LogP contribution >= 0.6 is 0 Å². The topological polar surface area (TPSA) is 63.2 Å². The molecule has 2 aromatic carbocycles. The number of hydrogen-bond acceptors (Lipinski definition) is 0. The van der Waals surface area contributed by atoms with Crippen molar-refractivity contribution in [2.24, 2.45) is 0 Å². The summed E-state index contributed by atoms with van der Waals surface area (Å²) in [5, 5.41) is -3.67. The van der Waals surface area contributed by atoms with E-state index in [1.807, 2.05) is 0 Å². The van der Waals surface area contributed by atoms with Crippen molar-refractivity contribution in [1.82, 2.24) is 19.9 Å². The average Bonchev–Trinajstić information content (AvgIpc) is 3.93. The summed E-state index contributed by atoms with van der Waals surface area (Å²) in [6.07, 6.45) is -10.8. The van der Waals surface area contributed by atoms with Crippen molar-refractivity contribution in [3.63, 3.8) is 0 Å². The third-order valence-electron chi connectivity index (χ3n) is 8.39. The van der Waals surface area contributed by atoms with E-state index in [-0.39, 0.29) is 0 Å². The fourth-order valence-corrected chi connectivity index (χ4v) is 6.13. The van der Waals surface area contributed by atoms with E-state index in [2.05, 4.69) is 19.9 Å². The van der Waals surface area contributed by atoms with Gasteiger partial charge in [0.15, 0.2) is 46.5 Å². The fourth-order valence-electron chi connectivity index (χ4n) is 6.13. The molecule has 4 aromatic heterocycles. The Bertz CT molecular complexity index is 2560. The Morgan fingerprint density at radius 1 is 0.296 bits per heavy atom. The zero-order valence-electron chi connectivity index (χ0n) is 25.7. The predicted octanol–water partition coefficient (Wildman–Crippen LogP) is 6.72. The molecule has 8 bridgehead atoms. The first-order valence-electron chi connectivity index (χ1n) is 14.7.